The number of aromatic nitrogens is 2. The van der Waals surface area contributed by atoms with Crippen molar-refractivity contribution >= 4 is 30.8 Å². The Labute approximate surface area is 126 Å². The van der Waals surface area contributed by atoms with Crippen LogP contribution in [-0.4, -0.2) is 42.8 Å². The van der Waals surface area contributed by atoms with Crippen LogP contribution in [0.3, 0.4) is 0 Å². The summed E-state index contributed by atoms with van der Waals surface area (Å²) in [5, 5.41) is 3.47. The van der Waals surface area contributed by atoms with E-state index in [0.717, 1.165) is 44.5 Å². The van der Waals surface area contributed by atoms with Crippen LogP contribution in [0.1, 0.15) is 24.6 Å². The molecule has 0 saturated carbocycles. The number of hydrogen-bond acceptors (Lipinski definition) is 5. The number of hydrogen-bond donors (Lipinski definition) is 1. The van der Waals surface area contributed by atoms with E-state index in [0.29, 0.717) is 6.04 Å². The van der Waals surface area contributed by atoms with Gasteiger partial charge in [0.2, 0.25) is 5.95 Å². The monoisotopic (exact) mass is 306 g/mol. The third kappa shape index (κ3) is 3.92. The first kappa shape index (κ1) is 16.4. The molecule has 2 fully saturated rings. The zero-order valence-corrected chi connectivity index (χ0v) is 12.4. The molecule has 3 heterocycles. The zero-order valence-electron chi connectivity index (χ0n) is 10.7. The first-order chi connectivity index (χ1) is 8.43. The van der Waals surface area contributed by atoms with E-state index in [9.17, 15) is 0 Å². The van der Waals surface area contributed by atoms with Gasteiger partial charge in [-0.15, -0.1) is 24.8 Å². The minimum atomic E-state index is 0. The largest absolute Gasteiger partial charge is 0.378 e. The molecule has 3 rings (SSSR count). The van der Waals surface area contributed by atoms with Gasteiger partial charge in [0.15, 0.2) is 0 Å². The molecule has 1 aromatic heterocycles. The second kappa shape index (κ2) is 7.85. The fourth-order valence-electron chi connectivity index (χ4n) is 2.41. The summed E-state index contributed by atoms with van der Waals surface area (Å²) >= 11 is 0. The average Bonchev–Trinajstić information content (AvgIpc) is 2.94. The van der Waals surface area contributed by atoms with Gasteiger partial charge in [0.05, 0.1) is 18.9 Å². The van der Waals surface area contributed by atoms with Gasteiger partial charge in [-0.25, -0.2) is 9.97 Å². The lowest BCUT2D eigenvalue weighted by atomic mass is 10.1. The van der Waals surface area contributed by atoms with Gasteiger partial charge in [0.25, 0.3) is 0 Å². The van der Waals surface area contributed by atoms with Gasteiger partial charge < -0.3 is 15.0 Å². The topological polar surface area (TPSA) is 50.3 Å². The molecule has 2 aliphatic heterocycles. The van der Waals surface area contributed by atoms with Crippen molar-refractivity contribution in [2.75, 3.05) is 37.7 Å². The normalized spacial score (nSPS) is 22.5. The molecular formula is C12H20Cl2N4O. The maximum absolute atomic E-state index is 5.34. The number of nitrogens with zero attached hydrogens (tertiary/aromatic N) is 3. The summed E-state index contributed by atoms with van der Waals surface area (Å²) < 4.78 is 5.34. The molecule has 0 radical (unpaired) electrons. The molecule has 19 heavy (non-hydrogen) atoms. The first-order valence-corrected chi connectivity index (χ1v) is 6.32. The zero-order chi connectivity index (χ0) is 11.5. The SMILES string of the molecule is Cl.Cl.c1cc(C2CCCN2)nc(N2CCOCC2)n1. The quantitative estimate of drug-likeness (QED) is 0.899. The van der Waals surface area contributed by atoms with E-state index >= 15 is 0 Å². The van der Waals surface area contributed by atoms with Gasteiger partial charge in [0.1, 0.15) is 0 Å². The van der Waals surface area contributed by atoms with Crippen molar-refractivity contribution in [3.63, 3.8) is 0 Å². The molecule has 1 unspecified atom stereocenters. The number of anilines is 1. The highest BCUT2D eigenvalue weighted by Crippen LogP contribution is 2.22. The first-order valence-electron chi connectivity index (χ1n) is 6.32. The molecule has 0 amide bonds. The Morgan fingerprint density at radius 2 is 2.05 bits per heavy atom. The molecule has 2 aliphatic rings. The number of nitrogens with one attached hydrogen (secondary N) is 1. The number of rotatable bonds is 2. The van der Waals surface area contributed by atoms with E-state index in [1.807, 2.05) is 12.3 Å². The Bertz CT molecular complexity index is 382. The molecule has 0 aliphatic carbocycles. The van der Waals surface area contributed by atoms with Crippen molar-refractivity contribution in [2.24, 2.45) is 0 Å². The summed E-state index contributed by atoms with van der Waals surface area (Å²) in [6, 6.07) is 2.44. The average molecular weight is 307 g/mol. The smallest absolute Gasteiger partial charge is 0.225 e. The summed E-state index contributed by atoms with van der Waals surface area (Å²) in [7, 11) is 0. The van der Waals surface area contributed by atoms with Crippen LogP contribution < -0.4 is 10.2 Å². The molecular weight excluding hydrogens is 287 g/mol. The lowest BCUT2D eigenvalue weighted by molar-refractivity contribution is 0.122. The van der Waals surface area contributed by atoms with Crippen molar-refractivity contribution < 1.29 is 4.74 Å². The molecule has 7 heteroatoms. The fraction of sp³-hybridized carbons (Fsp3) is 0.667. The predicted molar refractivity (Wildman–Crippen MR) is 79.5 cm³/mol. The van der Waals surface area contributed by atoms with Crippen LogP contribution >= 0.6 is 24.8 Å². The Morgan fingerprint density at radius 1 is 1.26 bits per heavy atom. The van der Waals surface area contributed by atoms with E-state index < -0.39 is 0 Å². The van der Waals surface area contributed by atoms with Crippen LogP contribution in [-0.2, 0) is 4.74 Å². The Kier molecular flexibility index (Phi) is 6.79. The van der Waals surface area contributed by atoms with Crippen LogP contribution in [0.2, 0.25) is 0 Å². The minimum absolute atomic E-state index is 0. The molecule has 0 spiro atoms. The van der Waals surface area contributed by atoms with E-state index in [1.54, 1.807) is 0 Å². The van der Waals surface area contributed by atoms with Crippen molar-refractivity contribution in [3.8, 4) is 0 Å². The maximum atomic E-state index is 5.34. The molecule has 108 valence electrons. The van der Waals surface area contributed by atoms with Crippen molar-refractivity contribution in [1.29, 1.82) is 0 Å². The van der Waals surface area contributed by atoms with Gasteiger partial charge in [-0.1, -0.05) is 0 Å². The summed E-state index contributed by atoms with van der Waals surface area (Å²) in [6.07, 6.45) is 4.29. The second-order valence-corrected chi connectivity index (χ2v) is 4.53. The van der Waals surface area contributed by atoms with E-state index in [2.05, 4.69) is 20.2 Å². The number of halogens is 2. The van der Waals surface area contributed by atoms with E-state index in [-0.39, 0.29) is 24.8 Å². The summed E-state index contributed by atoms with van der Waals surface area (Å²) in [5.41, 5.74) is 1.12. The van der Waals surface area contributed by atoms with Crippen LogP contribution in [0.15, 0.2) is 12.3 Å². The fourth-order valence-corrected chi connectivity index (χ4v) is 2.41. The molecule has 5 nitrogen and oxygen atoms in total. The second-order valence-electron chi connectivity index (χ2n) is 4.53. The predicted octanol–water partition coefficient (Wildman–Crippen LogP) is 1.58. The third-order valence-corrected chi connectivity index (χ3v) is 3.38. The van der Waals surface area contributed by atoms with Crippen LogP contribution in [0, 0.1) is 0 Å². The van der Waals surface area contributed by atoms with Crippen molar-refractivity contribution in [3.05, 3.63) is 18.0 Å². The highest BCUT2D eigenvalue weighted by atomic mass is 35.5. The van der Waals surface area contributed by atoms with Crippen molar-refractivity contribution in [2.45, 2.75) is 18.9 Å². The highest BCUT2D eigenvalue weighted by Gasteiger charge is 2.20. The van der Waals surface area contributed by atoms with Crippen LogP contribution in [0.5, 0.6) is 0 Å². The summed E-state index contributed by atoms with van der Waals surface area (Å²) in [4.78, 5) is 11.2. The van der Waals surface area contributed by atoms with Gasteiger partial charge in [-0.3, -0.25) is 0 Å². The van der Waals surface area contributed by atoms with Gasteiger partial charge >= 0.3 is 0 Å². The standard InChI is InChI=1S/C12H18N4O.2ClH/c1-2-10(13-4-1)11-3-5-14-12(15-11)16-6-8-17-9-7-16;;/h3,5,10,13H,1-2,4,6-9H2;2*1H. The Balaban J connectivity index is 0.000000902. The molecule has 1 atom stereocenters. The van der Waals surface area contributed by atoms with Crippen LogP contribution in [0.25, 0.3) is 0 Å². The Hall–Kier alpha value is -0.620. The highest BCUT2D eigenvalue weighted by molar-refractivity contribution is 5.85. The number of morpholine rings is 1. The van der Waals surface area contributed by atoms with Crippen molar-refractivity contribution in [1.82, 2.24) is 15.3 Å². The molecule has 0 aromatic carbocycles. The molecule has 2 saturated heterocycles. The number of ether oxygens (including phenoxy) is 1. The molecule has 1 aromatic rings. The summed E-state index contributed by atoms with van der Waals surface area (Å²) in [5.74, 6) is 0.847. The Morgan fingerprint density at radius 3 is 2.74 bits per heavy atom. The third-order valence-electron chi connectivity index (χ3n) is 3.38. The maximum Gasteiger partial charge on any atom is 0.225 e. The van der Waals surface area contributed by atoms with Gasteiger partial charge in [-0.05, 0) is 25.5 Å². The van der Waals surface area contributed by atoms with E-state index in [4.69, 9.17) is 4.74 Å². The van der Waals surface area contributed by atoms with E-state index in [1.165, 1.54) is 12.8 Å². The molecule has 1 N–H and O–H groups in total. The minimum Gasteiger partial charge on any atom is -0.378 e. The van der Waals surface area contributed by atoms with Gasteiger partial charge in [-0.2, -0.15) is 0 Å². The lowest BCUT2D eigenvalue weighted by Gasteiger charge is -2.27. The van der Waals surface area contributed by atoms with Crippen LogP contribution in [0.4, 0.5) is 5.95 Å². The summed E-state index contributed by atoms with van der Waals surface area (Å²) in [6.45, 7) is 4.43. The molecule has 0 bridgehead atoms. The van der Waals surface area contributed by atoms with Gasteiger partial charge in [0, 0.05) is 25.3 Å². The lowest BCUT2D eigenvalue weighted by Crippen LogP contribution is -2.37.